The second-order valence-corrected chi connectivity index (χ2v) is 10.6. The Labute approximate surface area is 225 Å². The molecule has 4 rings (SSSR count). The van der Waals surface area contributed by atoms with Crippen LogP contribution in [0.25, 0.3) is 10.9 Å². The fourth-order valence-corrected chi connectivity index (χ4v) is 5.07. The second kappa shape index (κ2) is 14.5. The van der Waals surface area contributed by atoms with Gasteiger partial charge in [0.05, 0.1) is 0 Å². The number of halogens is 1. The monoisotopic (exact) mass is 528 g/mol. The molecule has 6 nitrogen and oxygen atoms in total. The second-order valence-electron chi connectivity index (χ2n) is 9.82. The van der Waals surface area contributed by atoms with Crippen LogP contribution in [-0.4, -0.2) is 61.3 Å². The van der Waals surface area contributed by atoms with Crippen LogP contribution in [0.15, 0.2) is 48.7 Å². The summed E-state index contributed by atoms with van der Waals surface area (Å²) in [5.41, 5.74) is 4.26. The molecule has 1 aromatic heterocycles. The van der Waals surface area contributed by atoms with Crippen LogP contribution in [0.2, 0.25) is 0 Å². The van der Waals surface area contributed by atoms with Gasteiger partial charge < -0.3 is 19.5 Å². The topological polar surface area (TPSA) is 58.5 Å². The summed E-state index contributed by atoms with van der Waals surface area (Å²) < 4.78 is 23.4. The predicted molar refractivity (Wildman–Crippen MR) is 153 cm³/mol. The zero-order valence-corrected chi connectivity index (χ0v) is 23.5. The van der Waals surface area contributed by atoms with Gasteiger partial charge in [-0.25, -0.2) is 4.39 Å². The van der Waals surface area contributed by atoms with Crippen LogP contribution >= 0.6 is 11.9 Å². The highest BCUT2D eigenvalue weighted by atomic mass is 32.2. The maximum absolute atomic E-state index is 12.6. The molecule has 0 radical (unpaired) electrons. The minimum absolute atomic E-state index is 0.0687. The number of hydrogen-bond donors (Lipinski definition) is 2. The van der Waals surface area contributed by atoms with Crippen molar-refractivity contribution in [2.45, 2.75) is 58.0 Å². The third-order valence-corrected chi connectivity index (χ3v) is 7.61. The molecule has 1 aliphatic heterocycles. The quantitative estimate of drug-likeness (QED) is 0.273. The molecule has 8 heteroatoms. The van der Waals surface area contributed by atoms with E-state index in [4.69, 9.17) is 4.74 Å². The Hall–Kier alpha value is -2.39. The summed E-state index contributed by atoms with van der Waals surface area (Å²) in [4.78, 5) is 14.3. The van der Waals surface area contributed by atoms with E-state index in [9.17, 15) is 9.18 Å². The lowest BCUT2D eigenvalue weighted by atomic mass is 10.1. The first-order chi connectivity index (χ1) is 17.8. The van der Waals surface area contributed by atoms with E-state index in [2.05, 4.69) is 33.8 Å². The van der Waals surface area contributed by atoms with Gasteiger partial charge in [0.25, 0.3) is 5.91 Å². The number of fused-ring (bicyclic) bond motifs is 1. The van der Waals surface area contributed by atoms with E-state index < -0.39 is 0 Å². The lowest BCUT2D eigenvalue weighted by molar-refractivity contribution is 0.0755. The number of ether oxygens (including phenoxy) is 1. The van der Waals surface area contributed by atoms with Gasteiger partial charge in [0, 0.05) is 74.4 Å². The number of benzene rings is 2. The van der Waals surface area contributed by atoms with Gasteiger partial charge in [-0.05, 0) is 75.5 Å². The number of rotatable bonds is 10. The molecule has 0 aliphatic carbocycles. The molecule has 2 N–H and O–H groups in total. The van der Waals surface area contributed by atoms with Crippen molar-refractivity contribution in [3.63, 3.8) is 0 Å². The Morgan fingerprint density at radius 1 is 1.27 bits per heavy atom. The number of amides is 1. The van der Waals surface area contributed by atoms with Crippen LogP contribution in [-0.2, 0) is 17.0 Å². The Balaban J connectivity index is 0.000000220. The normalized spacial score (nSPS) is 15.2. The van der Waals surface area contributed by atoms with Crippen molar-refractivity contribution in [1.82, 2.24) is 19.5 Å². The molecule has 37 heavy (non-hydrogen) atoms. The Morgan fingerprint density at radius 2 is 2.03 bits per heavy atom. The van der Waals surface area contributed by atoms with Crippen LogP contribution in [0.4, 0.5) is 4.39 Å². The van der Waals surface area contributed by atoms with Crippen LogP contribution in [0.1, 0.15) is 48.2 Å². The maximum atomic E-state index is 12.6. The number of carbonyl (C=O) groups is 1. The standard InChI is InChI=1S/C18H26N2O2.C11H15FN2S/c1-13(2)19(4)18(21)15-7-8-16-14(3)12-20(17(16)11-15)9-6-10-22-5;12-10-3-1-9(2-4-10)8-15-14-11-5-6-13-7-11/h7-8,11-13H,6,9-10H2,1-5H3;1-4,11,13-14H,5-8H2. The molecule has 1 aliphatic rings. The molecular weight excluding hydrogens is 487 g/mol. The maximum Gasteiger partial charge on any atom is 0.253 e. The van der Waals surface area contributed by atoms with Crippen LogP contribution in [0.3, 0.4) is 0 Å². The van der Waals surface area contributed by atoms with E-state index in [-0.39, 0.29) is 17.8 Å². The molecule has 1 atom stereocenters. The first-order valence-electron chi connectivity index (χ1n) is 13.0. The molecule has 0 saturated carbocycles. The fourth-order valence-electron chi connectivity index (χ4n) is 4.19. The van der Waals surface area contributed by atoms with E-state index in [0.717, 1.165) is 55.1 Å². The van der Waals surface area contributed by atoms with Gasteiger partial charge in [-0.15, -0.1) is 0 Å². The molecule has 0 spiro atoms. The largest absolute Gasteiger partial charge is 0.385 e. The first-order valence-corrected chi connectivity index (χ1v) is 14.0. The number of aryl methyl sites for hydroxylation is 2. The molecule has 1 fully saturated rings. The minimum atomic E-state index is -0.170. The average Bonchev–Trinajstić information content (AvgIpc) is 3.52. The third kappa shape index (κ3) is 8.57. The summed E-state index contributed by atoms with van der Waals surface area (Å²) in [6.07, 6.45) is 4.31. The summed E-state index contributed by atoms with van der Waals surface area (Å²) in [7, 11) is 3.57. The molecular formula is C29H41FN4O2S. The average molecular weight is 529 g/mol. The third-order valence-electron chi connectivity index (χ3n) is 6.63. The summed E-state index contributed by atoms with van der Waals surface area (Å²) in [6.45, 7) is 9.95. The van der Waals surface area contributed by atoms with Gasteiger partial charge in [-0.3, -0.25) is 9.52 Å². The van der Waals surface area contributed by atoms with Crippen LogP contribution in [0, 0.1) is 12.7 Å². The molecule has 2 heterocycles. The van der Waals surface area contributed by atoms with E-state index in [1.165, 1.54) is 29.5 Å². The number of carbonyl (C=O) groups excluding carboxylic acids is 1. The van der Waals surface area contributed by atoms with Crippen molar-refractivity contribution in [3.8, 4) is 0 Å². The van der Waals surface area contributed by atoms with Crippen LogP contribution in [0.5, 0.6) is 0 Å². The van der Waals surface area contributed by atoms with Crippen molar-refractivity contribution in [2.75, 3.05) is 33.9 Å². The zero-order valence-electron chi connectivity index (χ0n) is 22.7. The van der Waals surface area contributed by atoms with E-state index in [1.807, 2.05) is 45.2 Å². The smallest absolute Gasteiger partial charge is 0.253 e. The van der Waals surface area contributed by atoms with Gasteiger partial charge >= 0.3 is 0 Å². The van der Waals surface area contributed by atoms with Crippen LogP contribution < -0.4 is 10.0 Å². The highest BCUT2D eigenvalue weighted by molar-refractivity contribution is 7.96. The van der Waals surface area contributed by atoms with Crippen molar-refractivity contribution in [3.05, 3.63) is 71.2 Å². The van der Waals surface area contributed by atoms with Gasteiger partial charge in [-0.2, -0.15) is 0 Å². The van der Waals surface area contributed by atoms with Crippen molar-refractivity contribution < 1.29 is 13.9 Å². The predicted octanol–water partition coefficient (Wildman–Crippen LogP) is 5.39. The number of nitrogens with one attached hydrogen (secondary N) is 2. The van der Waals surface area contributed by atoms with Crippen molar-refractivity contribution in [1.29, 1.82) is 0 Å². The summed E-state index contributed by atoms with van der Waals surface area (Å²) in [5, 5.41) is 4.51. The van der Waals surface area contributed by atoms with Crippen molar-refractivity contribution in [2.24, 2.45) is 0 Å². The number of methoxy groups -OCH3 is 1. The van der Waals surface area contributed by atoms with E-state index in [1.54, 1.807) is 24.0 Å². The van der Waals surface area contributed by atoms with Gasteiger partial charge in [0.1, 0.15) is 5.82 Å². The summed E-state index contributed by atoms with van der Waals surface area (Å²) >= 11 is 1.70. The highest BCUT2D eigenvalue weighted by Crippen LogP contribution is 2.23. The Bertz CT molecular complexity index is 1130. The molecule has 3 aromatic rings. The lowest BCUT2D eigenvalue weighted by Crippen LogP contribution is -2.32. The van der Waals surface area contributed by atoms with E-state index >= 15 is 0 Å². The van der Waals surface area contributed by atoms with Gasteiger partial charge in [-0.1, -0.05) is 30.1 Å². The molecule has 1 saturated heterocycles. The summed E-state index contributed by atoms with van der Waals surface area (Å²) in [5.74, 6) is 0.785. The fraction of sp³-hybridized carbons (Fsp3) is 0.483. The summed E-state index contributed by atoms with van der Waals surface area (Å²) in [6, 6.07) is 13.4. The van der Waals surface area contributed by atoms with Gasteiger partial charge in [0.15, 0.2) is 0 Å². The molecule has 202 valence electrons. The Kier molecular flexibility index (Phi) is 11.4. The Morgan fingerprint density at radius 3 is 2.68 bits per heavy atom. The highest BCUT2D eigenvalue weighted by Gasteiger charge is 2.16. The lowest BCUT2D eigenvalue weighted by Gasteiger charge is -2.21. The van der Waals surface area contributed by atoms with Crippen molar-refractivity contribution >= 4 is 28.8 Å². The number of aromatic nitrogens is 1. The number of hydrogen-bond acceptors (Lipinski definition) is 5. The molecule has 1 amide bonds. The molecule has 0 bridgehead atoms. The van der Waals surface area contributed by atoms with E-state index in [0.29, 0.717) is 6.04 Å². The number of nitrogens with zero attached hydrogens (tertiary/aromatic N) is 2. The molecule has 2 aromatic carbocycles. The zero-order chi connectivity index (χ0) is 26.8. The van der Waals surface area contributed by atoms with Gasteiger partial charge in [0.2, 0.25) is 0 Å². The molecule has 1 unspecified atom stereocenters. The minimum Gasteiger partial charge on any atom is -0.385 e. The first kappa shape index (κ1) is 29.2. The SMILES string of the molecule is COCCCn1cc(C)c2ccc(C(=O)N(C)C(C)C)cc21.Fc1ccc(CSNC2CCNC2)cc1.